The van der Waals surface area contributed by atoms with Gasteiger partial charge in [-0.05, 0) is 12.0 Å². The van der Waals surface area contributed by atoms with Gasteiger partial charge >= 0.3 is 5.97 Å². The summed E-state index contributed by atoms with van der Waals surface area (Å²) >= 11 is 0. The van der Waals surface area contributed by atoms with Gasteiger partial charge in [0.15, 0.2) is 6.10 Å². The number of hydrogen-bond donors (Lipinski definition) is 2. The molecule has 1 aliphatic rings. The maximum absolute atomic E-state index is 14.0. The van der Waals surface area contributed by atoms with E-state index in [1.54, 1.807) is 60.7 Å². The van der Waals surface area contributed by atoms with Crippen LogP contribution < -0.4 is 0 Å². The van der Waals surface area contributed by atoms with E-state index in [9.17, 15) is 29.4 Å². The zero-order chi connectivity index (χ0) is 27.1. The maximum Gasteiger partial charge on any atom is 0.334 e. The molecule has 3 rings (SSSR count). The summed E-state index contributed by atoms with van der Waals surface area (Å²) in [5.41, 5.74) is 1.37. The molecule has 0 fully saturated rings. The number of aliphatic hydroxyl groups excluding tert-OH is 1. The van der Waals surface area contributed by atoms with Crippen molar-refractivity contribution in [1.29, 1.82) is 0 Å². The zero-order valence-electron chi connectivity index (χ0n) is 21.0. The third kappa shape index (κ3) is 6.22. The standard InChI is InChI=1S/C27H31N3O7/c1-18(31)28-17-24(21-12-8-5-9-13-21)30(26(34)22(28)14-15-37-3)29(19(2)32)23(25(33)27(35)36)16-20-10-6-4-7-11-20/h4-13,17,22-23,25,33H,14-16H2,1-3H3,(H,35,36)/t22?,23-,25?/m0/s1. The van der Waals surface area contributed by atoms with Gasteiger partial charge in [-0.2, -0.15) is 0 Å². The van der Waals surface area contributed by atoms with Gasteiger partial charge in [0.05, 0.1) is 11.7 Å². The minimum atomic E-state index is -2.00. The van der Waals surface area contributed by atoms with Gasteiger partial charge < -0.3 is 19.8 Å². The van der Waals surface area contributed by atoms with Gasteiger partial charge in [0.2, 0.25) is 11.8 Å². The second-order valence-corrected chi connectivity index (χ2v) is 8.66. The Hall–Kier alpha value is -4.02. The molecule has 3 atom stereocenters. The Bertz CT molecular complexity index is 1150. The Kier molecular flexibility index (Phi) is 9.15. The molecule has 2 aromatic rings. The molecule has 0 radical (unpaired) electrons. The van der Waals surface area contributed by atoms with Crippen LogP contribution in [0.1, 0.15) is 31.4 Å². The van der Waals surface area contributed by atoms with Gasteiger partial charge in [0.25, 0.3) is 5.91 Å². The van der Waals surface area contributed by atoms with E-state index in [0.717, 1.165) is 10.0 Å². The molecule has 2 N–H and O–H groups in total. The Labute approximate surface area is 215 Å². The third-order valence-electron chi connectivity index (χ3n) is 6.11. The predicted octanol–water partition coefficient (Wildman–Crippen LogP) is 1.90. The molecule has 0 saturated heterocycles. The number of carboxylic acids is 1. The summed E-state index contributed by atoms with van der Waals surface area (Å²) < 4.78 is 5.14. The van der Waals surface area contributed by atoms with Crippen LogP contribution in [0.4, 0.5) is 0 Å². The first-order valence-corrected chi connectivity index (χ1v) is 11.8. The largest absolute Gasteiger partial charge is 0.479 e. The highest BCUT2D eigenvalue weighted by atomic mass is 16.5. The maximum atomic E-state index is 14.0. The van der Waals surface area contributed by atoms with Crippen LogP contribution in [-0.4, -0.2) is 80.7 Å². The van der Waals surface area contributed by atoms with Crippen molar-refractivity contribution >= 4 is 29.4 Å². The molecular weight excluding hydrogens is 478 g/mol. The average Bonchev–Trinajstić information content (AvgIpc) is 2.88. The van der Waals surface area contributed by atoms with Crippen molar-refractivity contribution in [2.45, 2.75) is 44.9 Å². The van der Waals surface area contributed by atoms with Gasteiger partial charge in [0.1, 0.15) is 6.04 Å². The molecule has 2 aromatic carbocycles. The summed E-state index contributed by atoms with van der Waals surface area (Å²) in [6.07, 6.45) is -0.432. The molecule has 37 heavy (non-hydrogen) atoms. The lowest BCUT2D eigenvalue weighted by molar-refractivity contribution is -0.174. The fourth-order valence-corrected chi connectivity index (χ4v) is 4.36. The Balaban J connectivity index is 2.22. The highest BCUT2D eigenvalue weighted by Crippen LogP contribution is 2.32. The normalized spacial score (nSPS) is 17.1. The number of aliphatic hydroxyl groups is 1. The van der Waals surface area contributed by atoms with Crippen molar-refractivity contribution in [3.05, 3.63) is 78.0 Å². The molecule has 0 aromatic heterocycles. The van der Waals surface area contributed by atoms with Crippen LogP contribution in [0.2, 0.25) is 0 Å². The SMILES string of the molecule is COCCC1C(=O)N(N(C(C)=O)[C@@H](Cc2ccccc2)C(O)C(=O)O)C(c2ccccc2)=CN1C(C)=O. The van der Waals surface area contributed by atoms with E-state index in [1.807, 2.05) is 0 Å². The molecule has 1 heterocycles. The topological polar surface area (TPSA) is 128 Å². The number of methoxy groups -OCH3 is 1. The summed E-state index contributed by atoms with van der Waals surface area (Å²) in [4.78, 5) is 53.0. The first kappa shape index (κ1) is 27.6. The fraction of sp³-hybridized carbons (Fsp3) is 0.333. The van der Waals surface area contributed by atoms with Gasteiger partial charge in [-0.15, -0.1) is 0 Å². The van der Waals surface area contributed by atoms with Crippen molar-refractivity contribution in [2.75, 3.05) is 13.7 Å². The number of ether oxygens (including phenoxy) is 1. The van der Waals surface area contributed by atoms with Crippen LogP contribution >= 0.6 is 0 Å². The Morgan fingerprint density at radius 1 is 1.03 bits per heavy atom. The highest BCUT2D eigenvalue weighted by molar-refractivity contribution is 5.98. The Morgan fingerprint density at radius 2 is 1.62 bits per heavy atom. The summed E-state index contributed by atoms with van der Waals surface area (Å²) in [6.45, 7) is 2.69. The van der Waals surface area contributed by atoms with Crippen molar-refractivity contribution < 1.29 is 34.1 Å². The van der Waals surface area contributed by atoms with E-state index in [1.165, 1.54) is 32.1 Å². The van der Waals surface area contributed by atoms with Crippen molar-refractivity contribution in [1.82, 2.24) is 14.9 Å². The lowest BCUT2D eigenvalue weighted by atomic mass is 9.99. The van der Waals surface area contributed by atoms with Gasteiger partial charge in [0, 0.05) is 45.7 Å². The number of aliphatic carboxylic acids is 1. The summed E-state index contributed by atoms with van der Waals surface area (Å²) in [6, 6.07) is 15.1. The van der Waals surface area contributed by atoms with E-state index in [2.05, 4.69) is 0 Å². The predicted molar refractivity (Wildman–Crippen MR) is 134 cm³/mol. The van der Waals surface area contributed by atoms with E-state index in [0.29, 0.717) is 11.1 Å². The van der Waals surface area contributed by atoms with Crippen LogP contribution in [0.3, 0.4) is 0 Å². The van der Waals surface area contributed by atoms with Crippen molar-refractivity contribution in [3.63, 3.8) is 0 Å². The van der Waals surface area contributed by atoms with E-state index >= 15 is 0 Å². The molecular formula is C27H31N3O7. The quantitative estimate of drug-likeness (QED) is 0.501. The second-order valence-electron chi connectivity index (χ2n) is 8.66. The van der Waals surface area contributed by atoms with Gasteiger partial charge in [-0.25, -0.2) is 14.8 Å². The molecule has 196 valence electrons. The zero-order valence-corrected chi connectivity index (χ0v) is 21.0. The van der Waals surface area contributed by atoms with Crippen LogP contribution in [0.5, 0.6) is 0 Å². The minimum absolute atomic E-state index is 0.0428. The molecule has 10 heteroatoms. The number of carbonyl (C=O) groups is 4. The second kappa shape index (κ2) is 12.3. The Morgan fingerprint density at radius 3 is 2.14 bits per heavy atom. The molecule has 10 nitrogen and oxygen atoms in total. The molecule has 0 spiro atoms. The number of amides is 3. The average molecular weight is 510 g/mol. The van der Waals surface area contributed by atoms with Crippen LogP contribution in [0.25, 0.3) is 5.70 Å². The van der Waals surface area contributed by atoms with Crippen LogP contribution in [-0.2, 0) is 30.3 Å². The highest BCUT2D eigenvalue weighted by Gasteiger charge is 2.45. The molecule has 0 aliphatic carbocycles. The number of rotatable bonds is 10. The molecule has 1 aliphatic heterocycles. The number of benzene rings is 2. The molecule has 2 unspecified atom stereocenters. The number of carboxylic acid groups (broad SMARTS) is 1. The molecule has 0 bridgehead atoms. The lowest BCUT2D eigenvalue weighted by Crippen LogP contribution is -2.63. The van der Waals surface area contributed by atoms with E-state index in [-0.39, 0.29) is 31.1 Å². The van der Waals surface area contributed by atoms with Gasteiger partial charge in [-0.1, -0.05) is 60.7 Å². The molecule has 3 amide bonds. The lowest BCUT2D eigenvalue weighted by Gasteiger charge is -2.46. The number of nitrogens with zero attached hydrogens (tertiary/aromatic N) is 3. The summed E-state index contributed by atoms with van der Waals surface area (Å²) in [7, 11) is 1.47. The van der Waals surface area contributed by atoms with E-state index in [4.69, 9.17) is 4.74 Å². The first-order chi connectivity index (χ1) is 17.7. The number of hydrazine groups is 1. The van der Waals surface area contributed by atoms with Crippen molar-refractivity contribution in [2.24, 2.45) is 0 Å². The first-order valence-electron chi connectivity index (χ1n) is 11.8. The minimum Gasteiger partial charge on any atom is -0.479 e. The summed E-state index contributed by atoms with van der Waals surface area (Å²) in [5.74, 6) is -3.20. The third-order valence-corrected chi connectivity index (χ3v) is 6.11. The smallest absolute Gasteiger partial charge is 0.334 e. The number of hydrogen-bond acceptors (Lipinski definition) is 6. The van der Waals surface area contributed by atoms with Crippen LogP contribution in [0, 0.1) is 0 Å². The fourth-order valence-electron chi connectivity index (χ4n) is 4.36. The summed E-state index contributed by atoms with van der Waals surface area (Å²) in [5, 5.41) is 22.6. The van der Waals surface area contributed by atoms with Crippen molar-refractivity contribution in [3.8, 4) is 0 Å². The van der Waals surface area contributed by atoms with E-state index < -0.39 is 36.0 Å². The van der Waals surface area contributed by atoms with Gasteiger partial charge in [-0.3, -0.25) is 14.4 Å². The van der Waals surface area contributed by atoms with Crippen LogP contribution in [0.15, 0.2) is 66.9 Å². The monoisotopic (exact) mass is 509 g/mol. The number of carbonyl (C=O) groups excluding carboxylic acids is 3. The molecule has 0 saturated carbocycles.